The average molecular weight is 229 g/mol. The summed E-state index contributed by atoms with van der Waals surface area (Å²) in [6.07, 6.45) is 2.68. The number of H-pyrrole nitrogens is 1. The Labute approximate surface area is 94.3 Å². The first-order valence-corrected chi connectivity index (χ1v) is 4.93. The van der Waals surface area contributed by atoms with Crippen LogP contribution in [0.4, 0.5) is 0 Å². The molecule has 5 nitrogen and oxygen atoms in total. The maximum Gasteiger partial charge on any atom is 0.341 e. The largest absolute Gasteiger partial charge is 0.477 e. The molecule has 0 saturated carbocycles. The molecule has 0 atom stereocenters. The molecule has 0 aliphatic heterocycles. The number of carboxylic acids is 1. The molecule has 0 bridgehead atoms. The van der Waals surface area contributed by atoms with Gasteiger partial charge in [-0.1, -0.05) is 0 Å². The zero-order valence-electron chi connectivity index (χ0n) is 8.56. The van der Waals surface area contributed by atoms with Gasteiger partial charge < -0.3 is 14.5 Å². The van der Waals surface area contributed by atoms with Gasteiger partial charge in [-0.3, -0.25) is 4.79 Å². The van der Waals surface area contributed by atoms with Crippen molar-refractivity contribution >= 4 is 27.8 Å². The summed E-state index contributed by atoms with van der Waals surface area (Å²) in [5.74, 6) is -1.24. The number of nitrogens with one attached hydrogen (secondary N) is 1. The smallest absolute Gasteiger partial charge is 0.341 e. The van der Waals surface area contributed by atoms with Gasteiger partial charge in [-0.15, -0.1) is 0 Å². The van der Waals surface area contributed by atoms with Gasteiger partial charge in [-0.25, -0.2) is 4.79 Å². The van der Waals surface area contributed by atoms with Gasteiger partial charge in [0.25, 0.3) is 0 Å². The molecule has 2 heterocycles. The highest BCUT2D eigenvalue weighted by Crippen LogP contribution is 2.22. The molecular weight excluding hydrogens is 222 g/mol. The van der Waals surface area contributed by atoms with Gasteiger partial charge in [-0.05, 0) is 18.2 Å². The number of fused-ring (bicyclic) bond motifs is 3. The van der Waals surface area contributed by atoms with Crippen molar-refractivity contribution in [1.82, 2.24) is 4.98 Å². The highest BCUT2D eigenvalue weighted by atomic mass is 16.4. The summed E-state index contributed by atoms with van der Waals surface area (Å²) >= 11 is 0. The average Bonchev–Trinajstić information content (AvgIpc) is 2.76. The predicted molar refractivity (Wildman–Crippen MR) is 61.3 cm³/mol. The first-order valence-electron chi connectivity index (χ1n) is 4.93. The van der Waals surface area contributed by atoms with E-state index in [0.29, 0.717) is 21.9 Å². The van der Waals surface area contributed by atoms with Crippen molar-refractivity contribution in [3.63, 3.8) is 0 Å². The molecule has 0 fully saturated rings. The second-order valence-corrected chi connectivity index (χ2v) is 3.66. The van der Waals surface area contributed by atoms with E-state index in [4.69, 9.17) is 9.52 Å². The van der Waals surface area contributed by atoms with Gasteiger partial charge in [0.2, 0.25) is 5.43 Å². The Morgan fingerprint density at radius 1 is 1.29 bits per heavy atom. The monoisotopic (exact) mass is 229 g/mol. The third-order valence-corrected chi connectivity index (χ3v) is 2.71. The van der Waals surface area contributed by atoms with Gasteiger partial charge in [0, 0.05) is 11.6 Å². The van der Waals surface area contributed by atoms with E-state index in [1.54, 1.807) is 18.2 Å². The lowest BCUT2D eigenvalue weighted by Crippen LogP contribution is -2.15. The summed E-state index contributed by atoms with van der Waals surface area (Å²) in [4.78, 5) is 25.7. The Morgan fingerprint density at radius 3 is 2.88 bits per heavy atom. The number of hydrogen-bond acceptors (Lipinski definition) is 3. The Hall–Kier alpha value is -2.56. The number of hydrogen-bond donors (Lipinski definition) is 2. The number of pyridine rings is 1. The topological polar surface area (TPSA) is 83.3 Å². The third kappa shape index (κ3) is 1.25. The first-order chi connectivity index (χ1) is 8.18. The Bertz CT molecular complexity index is 797. The van der Waals surface area contributed by atoms with E-state index in [9.17, 15) is 9.59 Å². The minimum Gasteiger partial charge on any atom is -0.477 e. The van der Waals surface area contributed by atoms with Crippen LogP contribution in [0.25, 0.3) is 21.9 Å². The van der Waals surface area contributed by atoms with Gasteiger partial charge >= 0.3 is 5.97 Å². The van der Waals surface area contributed by atoms with Gasteiger partial charge in [0.15, 0.2) is 0 Å². The van der Waals surface area contributed by atoms with Crippen LogP contribution < -0.4 is 5.43 Å². The molecule has 5 heteroatoms. The minimum atomic E-state index is -1.24. The molecule has 17 heavy (non-hydrogen) atoms. The van der Waals surface area contributed by atoms with Crippen molar-refractivity contribution in [2.75, 3.05) is 0 Å². The predicted octanol–water partition coefficient (Wildman–Crippen LogP) is 1.97. The lowest BCUT2D eigenvalue weighted by Gasteiger charge is -2.00. The molecule has 3 rings (SSSR count). The fourth-order valence-corrected chi connectivity index (χ4v) is 1.92. The third-order valence-electron chi connectivity index (χ3n) is 2.71. The molecular formula is C12H7NO4. The Kier molecular flexibility index (Phi) is 1.82. The fraction of sp³-hybridized carbons (Fsp3) is 0. The van der Waals surface area contributed by atoms with Crippen LogP contribution in [0.1, 0.15) is 10.4 Å². The summed E-state index contributed by atoms with van der Waals surface area (Å²) < 4.78 is 5.18. The van der Waals surface area contributed by atoms with Crippen LogP contribution in [-0.2, 0) is 0 Å². The van der Waals surface area contributed by atoms with E-state index in [1.807, 2.05) is 0 Å². The number of aromatic carboxylic acids is 1. The molecule has 0 unspecified atom stereocenters. The minimum absolute atomic E-state index is 0.272. The van der Waals surface area contributed by atoms with E-state index < -0.39 is 11.4 Å². The number of aromatic amines is 1. The van der Waals surface area contributed by atoms with Crippen LogP contribution >= 0.6 is 0 Å². The van der Waals surface area contributed by atoms with Gasteiger partial charge in [0.1, 0.15) is 11.1 Å². The van der Waals surface area contributed by atoms with E-state index in [1.165, 1.54) is 12.5 Å². The second-order valence-electron chi connectivity index (χ2n) is 3.66. The quantitative estimate of drug-likeness (QED) is 0.668. The number of rotatable bonds is 1. The molecule has 0 aliphatic carbocycles. The SMILES string of the molecule is O=C(O)c1c[nH]c2ccc3occc3c2c1=O. The lowest BCUT2D eigenvalue weighted by atomic mass is 10.1. The van der Waals surface area contributed by atoms with Crippen LogP contribution in [0.15, 0.2) is 39.9 Å². The zero-order chi connectivity index (χ0) is 12.0. The standard InChI is InChI=1S/C12H7NO4/c14-11-7(12(15)16)5-13-8-1-2-9-6(10(8)11)3-4-17-9/h1-5H,(H,13,14)(H,15,16). The number of carboxylic acid groups (broad SMARTS) is 1. The van der Waals surface area contributed by atoms with Crippen molar-refractivity contribution in [1.29, 1.82) is 0 Å². The number of aromatic nitrogens is 1. The van der Waals surface area contributed by atoms with Crippen molar-refractivity contribution in [2.24, 2.45) is 0 Å². The molecule has 0 spiro atoms. The van der Waals surface area contributed by atoms with Crippen molar-refractivity contribution < 1.29 is 14.3 Å². The summed E-state index contributed by atoms with van der Waals surface area (Å²) in [6, 6.07) is 5.07. The molecule has 0 amide bonds. The molecule has 1 aromatic carbocycles. The summed E-state index contributed by atoms with van der Waals surface area (Å²) in [5, 5.41) is 9.87. The van der Waals surface area contributed by atoms with Gasteiger partial charge in [0.05, 0.1) is 17.2 Å². The molecule has 3 aromatic rings. The van der Waals surface area contributed by atoms with E-state index >= 15 is 0 Å². The maximum atomic E-state index is 12.0. The fourth-order valence-electron chi connectivity index (χ4n) is 1.92. The lowest BCUT2D eigenvalue weighted by molar-refractivity contribution is 0.0695. The number of carbonyl (C=O) groups is 1. The summed E-state index contributed by atoms with van der Waals surface area (Å²) in [6.45, 7) is 0. The van der Waals surface area contributed by atoms with Crippen LogP contribution in [0.5, 0.6) is 0 Å². The normalized spacial score (nSPS) is 11.1. The maximum absolute atomic E-state index is 12.0. The number of benzene rings is 1. The van der Waals surface area contributed by atoms with Crippen molar-refractivity contribution in [3.8, 4) is 0 Å². The van der Waals surface area contributed by atoms with Crippen LogP contribution in [0.3, 0.4) is 0 Å². The molecule has 2 N–H and O–H groups in total. The van der Waals surface area contributed by atoms with Crippen molar-refractivity contribution in [3.05, 3.63) is 46.4 Å². The van der Waals surface area contributed by atoms with Crippen LogP contribution in [-0.4, -0.2) is 16.1 Å². The Morgan fingerprint density at radius 2 is 2.12 bits per heavy atom. The Balaban J connectivity index is 2.60. The van der Waals surface area contributed by atoms with Gasteiger partial charge in [-0.2, -0.15) is 0 Å². The van der Waals surface area contributed by atoms with E-state index in [2.05, 4.69) is 4.98 Å². The number of furan rings is 1. The molecule has 84 valence electrons. The zero-order valence-corrected chi connectivity index (χ0v) is 8.56. The second kappa shape index (κ2) is 3.21. The summed E-state index contributed by atoms with van der Waals surface area (Å²) in [7, 11) is 0. The van der Waals surface area contributed by atoms with Crippen LogP contribution in [0, 0.1) is 0 Å². The summed E-state index contributed by atoms with van der Waals surface area (Å²) in [5.41, 5.74) is 0.379. The van der Waals surface area contributed by atoms with E-state index in [-0.39, 0.29) is 5.56 Å². The first kappa shape index (κ1) is 9.65. The highest BCUT2D eigenvalue weighted by molar-refractivity contribution is 6.06. The molecule has 0 saturated heterocycles. The van der Waals surface area contributed by atoms with E-state index in [0.717, 1.165) is 0 Å². The molecule has 0 aliphatic rings. The molecule has 2 aromatic heterocycles. The highest BCUT2D eigenvalue weighted by Gasteiger charge is 2.14. The van der Waals surface area contributed by atoms with Crippen LogP contribution in [0.2, 0.25) is 0 Å². The molecule has 0 radical (unpaired) electrons. The van der Waals surface area contributed by atoms with Crippen molar-refractivity contribution in [2.45, 2.75) is 0 Å².